The van der Waals surface area contributed by atoms with Gasteiger partial charge >= 0.3 is 0 Å². The molecule has 118 valence electrons. The van der Waals surface area contributed by atoms with Crippen LogP contribution in [0, 0.1) is 11.7 Å². The zero-order valence-electron chi connectivity index (χ0n) is 11.7. The minimum atomic E-state index is -2.89. The van der Waals surface area contributed by atoms with E-state index in [4.69, 9.17) is 4.42 Å². The minimum absolute atomic E-state index is 0.0616. The van der Waals surface area contributed by atoms with Crippen LogP contribution in [-0.4, -0.2) is 30.1 Å². The van der Waals surface area contributed by atoms with Gasteiger partial charge in [0.2, 0.25) is 5.89 Å². The molecule has 1 aromatic carbocycles. The number of halogens is 1. The third-order valence-corrected chi connectivity index (χ3v) is 6.22. The van der Waals surface area contributed by atoms with Gasteiger partial charge in [-0.1, -0.05) is 23.9 Å². The number of aromatic nitrogens is 2. The Morgan fingerprint density at radius 1 is 1.36 bits per heavy atom. The van der Waals surface area contributed by atoms with Gasteiger partial charge in [0, 0.05) is 12.2 Å². The summed E-state index contributed by atoms with van der Waals surface area (Å²) in [7, 11) is -2.89. The van der Waals surface area contributed by atoms with Crippen LogP contribution in [0.1, 0.15) is 17.9 Å². The molecule has 1 atom stereocenters. The van der Waals surface area contributed by atoms with Crippen molar-refractivity contribution in [3.05, 3.63) is 41.5 Å². The van der Waals surface area contributed by atoms with Crippen molar-refractivity contribution in [2.24, 2.45) is 5.92 Å². The van der Waals surface area contributed by atoms with E-state index in [2.05, 4.69) is 10.2 Å². The van der Waals surface area contributed by atoms with E-state index in [-0.39, 0.29) is 23.2 Å². The molecule has 0 aliphatic carbocycles. The lowest BCUT2D eigenvalue weighted by molar-refractivity contribution is 0.389. The first kappa shape index (κ1) is 15.5. The van der Waals surface area contributed by atoms with Gasteiger partial charge in [-0.05, 0) is 30.0 Å². The van der Waals surface area contributed by atoms with Crippen LogP contribution in [0.2, 0.25) is 0 Å². The molecule has 8 heteroatoms. The summed E-state index contributed by atoms with van der Waals surface area (Å²) < 4.78 is 41.4. The van der Waals surface area contributed by atoms with E-state index >= 15 is 0 Å². The van der Waals surface area contributed by atoms with Crippen LogP contribution in [0.25, 0.3) is 0 Å². The summed E-state index contributed by atoms with van der Waals surface area (Å²) in [5.74, 6) is 1.23. The average Bonchev–Trinajstić information content (AvgIpc) is 3.03. The molecule has 0 radical (unpaired) electrons. The third kappa shape index (κ3) is 4.07. The monoisotopic (exact) mass is 342 g/mol. The SMILES string of the molecule is O=S1(=O)CC[C@H](Cc2nnc(SCc3cccc(F)c3)o2)C1. The lowest BCUT2D eigenvalue weighted by Gasteiger charge is -2.02. The lowest BCUT2D eigenvalue weighted by atomic mass is 10.1. The molecule has 22 heavy (non-hydrogen) atoms. The Hall–Kier alpha value is -1.41. The summed E-state index contributed by atoms with van der Waals surface area (Å²) in [5, 5.41) is 8.30. The first-order valence-corrected chi connectivity index (χ1v) is 9.71. The number of rotatable bonds is 5. The van der Waals surface area contributed by atoms with Gasteiger partial charge in [-0.2, -0.15) is 0 Å². The first-order chi connectivity index (χ1) is 10.5. The Morgan fingerprint density at radius 3 is 2.95 bits per heavy atom. The largest absolute Gasteiger partial charge is 0.416 e. The second-order valence-corrected chi connectivity index (χ2v) is 8.51. The van der Waals surface area contributed by atoms with Gasteiger partial charge in [0.05, 0.1) is 11.5 Å². The number of nitrogens with zero attached hydrogens (tertiary/aromatic N) is 2. The average molecular weight is 342 g/mol. The number of benzene rings is 1. The molecule has 0 unspecified atom stereocenters. The van der Waals surface area contributed by atoms with E-state index in [0.717, 1.165) is 5.56 Å². The van der Waals surface area contributed by atoms with Crippen LogP contribution in [0.4, 0.5) is 4.39 Å². The number of thioether (sulfide) groups is 1. The highest BCUT2D eigenvalue weighted by Gasteiger charge is 2.29. The Kier molecular flexibility index (Phi) is 4.49. The second kappa shape index (κ2) is 6.37. The highest BCUT2D eigenvalue weighted by Crippen LogP contribution is 2.25. The van der Waals surface area contributed by atoms with E-state index in [1.807, 2.05) is 6.07 Å². The number of hydrogen-bond acceptors (Lipinski definition) is 6. The molecule has 2 heterocycles. The predicted molar refractivity (Wildman–Crippen MR) is 80.7 cm³/mol. The molecular weight excluding hydrogens is 327 g/mol. The normalized spacial score (nSPS) is 20.3. The van der Waals surface area contributed by atoms with Crippen molar-refractivity contribution in [1.29, 1.82) is 0 Å². The van der Waals surface area contributed by atoms with Gasteiger partial charge < -0.3 is 4.42 Å². The smallest absolute Gasteiger partial charge is 0.276 e. The van der Waals surface area contributed by atoms with Crippen LogP contribution >= 0.6 is 11.8 Å². The summed E-state index contributed by atoms with van der Waals surface area (Å²) in [6.07, 6.45) is 1.14. The van der Waals surface area contributed by atoms with Crippen LogP contribution in [0.5, 0.6) is 0 Å². The Bertz CT molecular complexity index is 761. The number of sulfone groups is 1. The fourth-order valence-electron chi connectivity index (χ4n) is 2.43. The third-order valence-electron chi connectivity index (χ3n) is 3.49. The minimum Gasteiger partial charge on any atom is -0.416 e. The van der Waals surface area contributed by atoms with Crippen LogP contribution in [0.15, 0.2) is 33.9 Å². The Morgan fingerprint density at radius 2 is 2.23 bits per heavy atom. The van der Waals surface area contributed by atoms with Crippen molar-refractivity contribution < 1.29 is 17.2 Å². The predicted octanol–water partition coefficient (Wildman–Crippen LogP) is 2.48. The van der Waals surface area contributed by atoms with Crippen molar-refractivity contribution in [2.75, 3.05) is 11.5 Å². The second-order valence-electron chi connectivity index (χ2n) is 5.35. The zero-order valence-corrected chi connectivity index (χ0v) is 13.4. The van der Waals surface area contributed by atoms with Gasteiger partial charge in [-0.15, -0.1) is 10.2 Å². The zero-order chi connectivity index (χ0) is 15.6. The molecular formula is C14H15FN2O3S2. The number of hydrogen-bond donors (Lipinski definition) is 0. The Balaban J connectivity index is 1.55. The molecule has 0 amide bonds. The summed E-state index contributed by atoms with van der Waals surface area (Å²) in [6, 6.07) is 6.35. The highest BCUT2D eigenvalue weighted by molar-refractivity contribution is 7.98. The van der Waals surface area contributed by atoms with Crippen molar-refractivity contribution in [3.63, 3.8) is 0 Å². The van der Waals surface area contributed by atoms with Crippen LogP contribution in [0.3, 0.4) is 0 Å². The quantitative estimate of drug-likeness (QED) is 0.777. The van der Waals surface area contributed by atoms with Gasteiger partial charge in [0.15, 0.2) is 9.84 Å². The van der Waals surface area contributed by atoms with E-state index in [9.17, 15) is 12.8 Å². The summed E-state index contributed by atoms with van der Waals surface area (Å²) in [6.45, 7) is 0. The molecule has 0 spiro atoms. The summed E-state index contributed by atoms with van der Waals surface area (Å²) in [4.78, 5) is 0. The van der Waals surface area contributed by atoms with Crippen molar-refractivity contribution in [3.8, 4) is 0 Å². The fourth-order valence-corrected chi connectivity index (χ4v) is 5.02. The van der Waals surface area contributed by atoms with Crippen molar-refractivity contribution in [2.45, 2.75) is 23.8 Å². The molecule has 1 fully saturated rings. The molecule has 2 aromatic rings. The molecule has 1 saturated heterocycles. The fraction of sp³-hybridized carbons (Fsp3) is 0.429. The molecule has 1 aromatic heterocycles. The van der Waals surface area contributed by atoms with Gasteiger partial charge in [0.25, 0.3) is 5.22 Å². The van der Waals surface area contributed by atoms with Crippen molar-refractivity contribution in [1.82, 2.24) is 10.2 Å². The maximum atomic E-state index is 13.1. The highest BCUT2D eigenvalue weighted by atomic mass is 32.2. The lowest BCUT2D eigenvalue weighted by Crippen LogP contribution is -2.07. The standard InChI is InChI=1S/C14H15FN2O3S2/c15-12-3-1-2-10(6-12)8-21-14-17-16-13(20-14)7-11-4-5-22(18,19)9-11/h1-3,6,11H,4-5,7-9H2/t11-/m1/s1. The molecule has 3 rings (SSSR count). The maximum absolute atomic E-state index is 13.1. The van der Waals surface area contributed by atoms with Crippen LogP contribution in [-0.2, 0) is 22.0 Å². The van der Waals surface area contributed by atoms with Crippen molar-refractivity contribution >= 4 is 21.6 Å². The van der Waals surface area contributed by atoms with E-state index in [1.165, 1.54) is 23.9 Å². The van der Waals surface area contributed by atoms with E-state index in [1.54, 1.807) is 6.07 Å². The molecule has 5 nitrogen and oxygen atoms in total. The maximum Gasteiger partial charge on any atom is 0.276 e. The summed E-state index contributed by atoms with van der Waals surface area (Å²) >= 11 is 1.34. The first-order valence-electron chi connectivity index (χ1n) is 6.90. The van der Waals surface area contributed by atoms with Gasteiger partial charge in [-0.3, -0.25) is 0 Å². The summed E-state index contributed by atoms with van der Waals surface area (Å²) in [5.41, 5.74) is 0.839. The van der Waals surface area contributed by atoms with Gasteiger partial charge in [-0.25, -0.2) is 12.8 Å². The van der Waals surface area contributed by atoms with Gasteiger partial charge in [0.1, 0.15) is 5.82 Å². The molecule has 0 saturated carbocycles. The molecule has 1 aliphatic rings. The van der Waals surface area contributed by atoms with E-state index < -0.39 is 9.84 Å². The topological polar surface area (TPSA) is 73.1 Å². The Labute approximate surface area is 132 Å². The molecule has 0 bridgehead atoms. The molecule has 0 N–H and O–H groups in total. The van der Waals surface area contributed by atoms with Crippen LogP contribution < -0.4 is 0 Å². The molecule has 1 aliphatic heterocycles. The van der Waals surface area contributed by atoms with E-state index in [0.29, 0.717) is 29.7 Å².